The lowest BCUT2D eigenvalue weighted by Crippen LogP contribution is -2.12. The quantitative estimate of drug-likeness (QED) is 0.429. The van der Waals surface area contributed by atoms with E-state index in [9.17, 15) is 20.1 Å². The second kappa shape index (κ2) is 6.24. The highest BCUT2D eigenvalue weighted by Crippen LogP contribution is 2.32. The minimum absolute atomic E-state index is 0.0575. The molecule has 0 aliphatic rings. The average molecular weight is 266 g/mol. The monoisotopic (exact) mass is 266 g/mol. The molecule has 0 heterocycles. The molecule has 0 amide bonds. The van der Waals surface area contributed by atoms with E-state index in [1.165, 1.54) is 6.07 Å². The summed E-state index contributed by atoms with van der Waals surface area (Å²) in [5, 5.41) is 29.0. The Hall–Kier alpha value is -2.01. The van der Waals surface area contributed by atoms with E-state index >= 15 is 0 Å². The van der Waals surface area contributed by atoms with Gasteiger partial charge in [0.05, 0.1) is 18.3 Å². The van der Waals surface area contributed by atoms with Gasteiger partial charge in [-0.25, -0.2) is 4.79 Å². The van der Waals surface area contributed by atoms with Gasteiger partial charge in [-0.05, 0) is 26.0 Å². The van der Waals surface area contributed by atoms with Crippen molar-refractivity contribution in [3.63, 3.8) is 0 Å². The molecule has 104 valence electrons. The van der Waals surface area contributed by atoms with Gasteiger partial charge >= 0.3 is 5.97 Å². The van der Waals surface area contributed by atoms with Crippen molar-refractivity contribution < 1.29 is 24.9 Å². The minimum atomic E-state index is -0.859. The molecule has 1 aromatic rings. The molecule has 3 N–H and O–H groups in total. The second-order valence-corrected chi connectivity index (χ2v) is 4.29. The zero-order valence-electron chi connectivity index (χ0n) is 11.0. The number of aliphatic hydroxyl groups is 1. The van der Waals surface area contributed by atoms with E-state index in [1.807, 2.05) is 0 Å². The van der Waals surface area contributed by atoms with Crippen molar-refractivity contribution in [3.05, 3.63) is 35.4 Å². The van der Waals surface area contributed by atoms with Crippen molar-refractivity contribution >= 4 is 5.97 Å². The van der Waals surface area contributed by atoms with Gasteiger partial charge in [0.25, 0.3) is 0 Å². The smallest absolute Gasteiger partial charge is 0.338 e. The average Bonchev–Trinajstić information content (AvgIpc) is 2.34. The third-order valence-corrected chi connectivity index (χ3v) is 2.66. The van der Waals surface area contributed by atoms with Crippen LogP contribution in [0, 0.1) is 0 Å². The van der Waals surface area contributed by atoms with Gasteiger partial charge in [-0.15, -0.1) is 0 Å². The molecular formula is C14H18O5. The lowest BCUT2D eigenvalue weighted by molar-refractivity contribution is 0.0525. The zero-order valence-corrected chi connectivity index (χ0v) is 11.0. The second-order valence-electron chi connectivity index (χ2n) is 4.29. The maximum absolute atomic E-state index is 11.6. The molecule has 0 bridgehead atoms. The summed E-state index contributed by atoms with van der Waals surface area (Å²) < 4.78 is 4.82. The van der Waals surface area contributed by atoms with E-state index in [1.54, 1.807) is 13.8 Å². The molecule has 5 nitrogen and oxygen atoms in total. The first-order valence-corrected chi connectivity index (χ1v) is 5.92. The first-order chi connectivity index (χ1) is 8.86. The summed E-state index contributed by atoms with van der Waals surface area (Å²) in [7, 11) is 0. The number of carbonyl (C=O) groups excluding carboxylic acids is 1. The van der Waals surface area contributed by atoms with Gasteiger partial charge < -0.3 is 20.1 Å². The van der Waals surface area contributed by atoms with Crippen LogP contribution in [0.1, 0.15) is 29.8 Å². The van der Waals surface area contributed by atoms with E-state index in [4.69, 9.17) is 4.74 Å². The first-order valence-electron chi connectivity index (χ1n) is 5.92. The van der Waals surface area contributed by atoms with E-state index in [-0.39, 0.29) is 29.9 Å². The van der Waals surface area contributed by atoms with E-state index in [0.717, 1.165) is 6.07 Å². The number of aromatic hydroxyl groups is 2. The van der Waals surface area contributed by atoms with Gasteiger partial charge in [-0.3, -0.25) is 0 Å². The molecule has 0 saturated heterocycles. The molecule has 0 spiro atoms. The topological polar surface area (TPSA) is 87.0 Å². The summed E-state index contributed by atoms with van der Waals surface area (Å²) in [5.74, 6) is -1.37. The number of ether oxygens (including phenoxy) is 1. The Kier molecular flexibility index (Phi) is 4.94. The maximum atomic E-state index is 11.6. The molecule has 0 saturated carbocycles. The standard InChI is InChI=1S/C14H18O5/c1-4-19-14(18)10-5-9(6-11(15)8(2)3)13(17)12(16)7-10/h5,7,11,15-17H,2,4,6H2,1,3H3/t11-/m1/s1. The van der Waals surface area contributed by atoms with Crippen molar-refractivity contribution in [2.45, 2.75) is 26.4 Å². The fourth-order valence-electron chi connectivity index (χ4n) is 1.55. The molecule has 0 aliphatic carbocycles. The highest BCUT2D eigenvalue weighted by molar-refractivity contribution is 5.90. The van der Waals surface area contributed by atoms with Crippen molar-refractivity contribution in [1.29, 1.82) is 0 Å². The molecule has 0 radical (unpaired) electrons. The van der Waals surface area contributed by atoms with Crippen LogP contribution in [0.4, 0.5) is 0 Å². The number of hydrogen-bond donors (Lipinski definition) is 3. The molecule has 5 heteroatoms. The van der Waals surface area contributed by atoms with Crippen LogP contribution in [0.15, 0.2) is 24.3 Å². The van der Waals surface area contributed by atoms with E-state index in [2.05, 4.69) is 6.58 Å². The highest BCUT2D eigenvalue weighted by atomic mass is 16.5. The Labute approximate surface area is 111 Å². The lowest BCUT2D eigenvalue weighted by Gasteiger charge is -2.13. The minimum Gasteiger partial charge on any atom is -0.504 e. The zero-order chi connectivity index (χ0) is 14.6. The van der Waals surface area contributed by atoms with Crippen molar-refractivity contribution in [2.24, 2.45) is 0 Å². The maximum Gasteiger partial charge on any atom is 0.338 e. The van der Waals surface area contributed by atoms with Crippen molar-refractivity contribution in [3.8, 4) is 11.5 Å². The van der Waals surface area contributed by atoms with Gasteiger partial charge in [0.2, 0.25) is 0 Å². The third-order valence-electron chi connectivity index (χ3n) is 2.66. The normalized spacial score (nSPS) is 11.9. The Balaban J connectivity index is 3.10. The number of hydrogen-bond acceptors (Lipinski definition) is 5. The Morgan fingerprint density at radius 3 is 2.58 bits per heavy atom. The number of carbonyl (C=O) groups is 1. The van der Waals surface area contributed by atoms with E-state index < -0.39 is 17.8 Å². The van der Waals surface area contributed by atoms with Gasteiger partial charge in [-0.2, -0.15) is 0 Å². The third kappa shape index (κ3) is 3.72. The van der Waals surface area contributed by atoms with Crippen LogP contribution in [0.25, 0.3) is 0 Å². The fourth-order valence-corrected chi connectivity index (χ4v) is 1.55. The number of esters is 1. The molecule has 0 aromatic heterocycles. The molecule has 0 unspecified atom stereocenters. The summed E-state index contributed by atoms with van der Waals surface area (Å²) in [5.41, 5.74) is 0.917. The van der Waals surface area contributed by atoms with Crippen LogP contribution in [0.3, 0.4) is 0 Å². The molecule has 0 fully saturated rings. The number of benzene rings is 1. The van der Waals surface area contributed by atoms with Crippen molar-refractivity contribution in [2.75, 3.05) is 6.61 Å². The van der Waals surface area contributed by atoms with Crippen molar-refractivity contribution in [1.82, 2.24) is 0 Å². The number of rotatable bonds is 5. The molecule has 1 aromatic carbocycles. The van der Waals surface area contributed by atoms with Crippen LogP contribution in [0.5, 0.6) is 11.5 Å². The molecule has 1 rings (SSSR count). The SMILES string of the molecule is C=C(C)[C@H](O)Cc1cc(C(=O)OCC)cc(O)c1O. The summed E-state index contributed by atoms with van der Waals surface area (Å²) >= 11 is 0. The number of aliphatic hydroxyl groups excluding tert-OH is 1. The Bertz CT molecular complexity index is 493. The highest BCUT2D eigenvalue weighted by Gasteiger charge is 2.17. The lowest BCUT2D eigenvalue weighted by atomic mass is 10.00. The molecular weight excluding hydrogens is 248 g/mol. The largest absolute Gasteiger partial charge is 0.504 e. The van der Waals surface area contributed by atoms with Gasteiger partial charge in [-0.1, -0.05) is 12.2 Å². The van der Waals surface area contributed by atoms with Gasteiger partial charge in [0, 0.05) is 12.0 Å². The predicted molar refractivity (Wildman–Crippen MR) is 70.3 cm³/mol. The summed E-state index contributed by atoms with van der Waals surface area (Å²) in [6.45, 7) is 7.14. The molecule has 0 aliphatic heterocycles. The van der Waals surface area contributed by atoms with Crippen LogP contribution in [-0.4, -0.2) is 34.0 Å². The number of phenolic OH excluding ortho intramolecular Hbond substituents is 2. The van der Waals surface area contributed by atoms with Crippen LogP contribution < -0.4 is 0 Å². The number of phenols is 2. The molecule has 19 heavy (non-hydrogen) atoms. The van der Waals surface area contributed by atoms with Gasteiger partial charge in [0.1, 0.15) is 0 Å². The Morgan fingerprint density at radius 1 is 1.42 bits per heavy atom. The summed E-state index contributed by atoms with van der Waals surface area (Å²) in [4.78, 5) is 11.6. The molecule has 1 atom stereocenters. The van der Waals surface area contributed by atoms with Crippen LogP contribution in [-0.2, 0) is 11.2 Å². The van der Waals surface area contributed by atoms with Gasteiger partial charge in [0.15, 0.2) is 11.5 Å². The Morgan fingerprint density at radius 2 is 2.05 bits per heavy atom. The summed E-state index contributed by atoms with van der Waals surface area (Å²) in [6.07, 6.45) is -0.801. The fraction of sp³-hybridized carbons (Fsp3) is 0.357. The first kappa shape index (κ1) is 15.0. The summed E-state index contributed by atoms with van der Waals surface area (Å²) in [6, 6.07) is 2.52. The van der Waals surface area contributed by atoms with Crippen LogP contribution in [0.2, 0.25) is 0 Å². The predicted octanol–water partition coefficient (Wildman–Crippen LogP) is 1.75. The van der Waals surface area contributed by atoms with Crippen LogP contribution >= 0.6 is 0 Å². The van der Waals surface area contributed by atoms with E-state index in [0.29, 0.717) is 5.57 Å².